The summed E-state index contributed by atoms with van der Waals surface area (Å²) >= 11 is 0. The fourth-order valence-electron chi connectivity index (χ4n) is 1.81. The lowest BCUT2D eigenvalue weighted by atomic mass is 10.3. The second kappa shape index (κ2) is 3.95. The van der Waals surface area contributed by atoms with E-state index in [-0.39, 0.29) is 0 Å². The highest BCUT2D eigenvalue weighted by atomic mass is 16.5. The number of nitrogens with zero attached hydrogens (tertiary/aromatic N) is 7. The summed E-state index contributed by atoms with van der Waals surface area (Å²) in [6, 6.07) is 2.10. The Hall–Kier alpha value is -2.27. The average molecular weight is 231 g/mol. The summed E-state index contributed by atoms with van der Waals surface area (Å²) in [5.74, 6) is 0.774. The maximum atomic E-state index is 8.86. The summed E-state index contributed by atoms with van der Waals surface area (Å²) in [4.78, 5) is 6.08. The number of morpholine rings is 1. The first-order valence-electron chi connectivity index (χ1n) is 5.17. The zero-order valence-electron chi connectivity index (χ0n) is 8.89. The van der Waals surface area contributed by atoms with Gasteiger partial charge in [0.05, 0.1) is 31.6 Å². The summed E-state index contributed by atoms with van der Waals surface area (Å²) in [7, 11) is 0. The van der Waals surface area contributed by atoms with Crippen LogP contribution in [0.25, 0.3) is 5.65 Å². The second-order valence-electron chi connectivity index (χ2n) is 3.65. The molecule has 1 aliphatic heterocycles. The van der Waals surface area contributed by atoms with Crippen molar-refractivity contribution >= 4 is 11.5 Å². The minimum atomic E-state index is -0.421. The van der Waals surface area contributed by atoms with E-state index >= 15 is 0 Å². The van der Waals surface area contributed by atoms with Gasteiger partial charge in [0, 0.05) is 6.54 Å². The first-order chi connectivity index (χ1) is 8.38. The van der Waals surface area contributed by atoms with Crippen LogP contribution in [0.2, 0.25) is 0 Å². The van der Waals surface area contributed by atoms with Crippen molar-refractivity contribution in [2.24, 2.45) is 0 Å². The van der Waals surface area contributed by atoms with E-state index in [1.807, 2.05) is 4.90 Å². The minimum Gasteiger partial charge on any atom is -0.360 e. The highest BCUT2D eigenvalue weighted by molar-refractivity contribution is 5.46. The molecule has 0 amide bonds. The van der Waals surface area contributed by atoms with E-state index in [4.69, 9.17) is 10.00 Å². The van der Waals surface area contributed by atoms with Gasteiger partial charge in [-0.25, -0.2) is 0 Å². The molecule has 1 atom stereocenters. The fraction of sp³-hybridized carbons (Fsp3) is 0.444. The third-order valence-electron chi connectivity index (χ3n) is 2.63. The third-order valence-corrected chi connectivity index (χ3v) is 2.63. The van der Waals surface area contributed by atoms with Crippen molar-refractivity contribution < 1.29 is 4.74 Å². The van der Waals surface area contributed by atoms with Crippen molar-refractivity contribution in [1.29, 1.82) is 5.26 Å². The van der Waals surface area contributed by atoms with Gasteiger partial charge in [-0.05, 0) is 10.4 Å². The van der Waals surface area contributed by atoms with Gasteiger partial charge in [-0.2, -0.15) is 9.78 Å². The Balaban J connectivity index is 1.98. The van der Waals surface area contributed by atoms with Gasteiger partial charge >= 0.3 is 0 Å². The molecule has 17 heavy (non-hydrogen) atoms. The first-order valence-corrected chi connectivity index (χ1v) is 5.17. The van der Waals surface area contributed by atoms with Gasteiger partial charge in [0.2, 0.25) is 0 Å². The molecule has 0 saturated carbocycles. The van der Waals surface area contributed by atoms with Crippen molar-refractivity contribution in [2.75, 3.05) is 24.6 Å². The predicted molar refractivity (Wildman–Crippen MR) is 56.1 cm³/mol. The van der Waals surface area contributed by atoms with Gasteiger partial charge in [-0.1, -0.05) is 0 Å². The number of aromatic nitrogens is 5. The number of hydrogen-bond acceptors (Lipinski definition) is 7. The van der Waals surface area contributed by atoms with Crippen LogP contribution in [-0.4, -0.2) is 50.8 Å². The van der Waals surface area contributed by atoms with Crippen molar-refractivity contribution in [3.8, 4) is 6.07 Å². The lowest BCUT2D eigenvalue weighted by Crippen LogP contribution is -2.42. The number of rotatable bonds is 1. The molecule has 1 saturated heterocycles. The molecule has 1 aliphatic rings. The SMILES string of the molecule is N#CC1CN(c2cncc3nnnn23)CCO1. The number of anilines is 1. The largest absolute Gasteiger partial charge is 0.360 e. The minimum absolute atomic E-state index is 0.421. The predicted octanol–water partition coefficient (Wildman–Crippen LogP) is -0.752. The van der Waals surface area contributed by atoms with Crippen LogP contribution < -0.4 is 4.90 Å². The van der Waals surface area contributed by atoms with Crippen LogP contribution >= 0.6 is 0 Å². The Bertz CT molecular complexity index is 574. The van der Waals surface area contributed by atoms with Gasteiger partial charge in [-0.3, -0.25) is 4.98 Å². The molecule has 0 aliphatic carbocycles. The highest BCUT2D eigenvalue weighted by Gasteiger charge is 2.22. The van der Waals surface area contributed by atoms with Crippen LogP contribution in [0.15, 0.2) is 12.4 Å². The smallest absolute Gasteiger partial charge is 0.199 e. The van der Waals surface area contributed by atoms with E-state index in [9.17, 15) is 0 Å². The topological polar surface area (TPSA) is 92.2 Å². The number of ether oxygens (including phenoxy) is 1. The van der Waals surface area contributed by atoms with E-state index < -0.39 is 6.10 Å². The molecule has 2 aromatic rings. The average Bonchev–Trinajstić information content (AvgIpc) is 2.87. The van der Waals surface area contributed by atoms with E-state index in [2.05, 4.69) is 26.6 Å². The third kappa shape index (κ3) is 1.66. The van der Waals surface area contributed by atoms with E-state index in [1.54, 1.807) is 16.9 Å². The number of hydrogen-bond donors (Lipinski definition) is 0. The van der Waals surface area contributed by atoms with Crippen molar-refractivity contribution in [2.45, 2.75) is 6.10 Å². The van der Waals surface area contributed by atoms with Gasteiger partial charge in [0.15, 0.2) is 17.6 Å². The summed E-state index contributed by atoms with van der Waals surface area (Å²) in [6.07, 6.45) is 2.85. The molecule has 8 heteroatoms. The molecule has 0 N–H and O–H groups in total. The van der Waals surface area contributed by atoms with Gasteiger partial charge in [0.25, 0.3) is 0 Å². The maximum absolute atomic E-state index is 8.86. The molecule has 0 bridgehead atoms. The normalized spacial score (nSPS) is 20.4. The first kappa shape index (κ1) is 9.92. The van der Waals surface area contributed by atoms with E-state index in [0.29, 0.717) is 25.3 Å². The highest BCUT2D eigenvalue weighted by Crippen LogP contribution is 2.16. The molecule has 8 nitrogen and oxygen atoms in total. The summed E-state index contributed by atoms with van der Waals surface area (Å²) in [6.45, 7) is 1.70. The molecule has 0 radical (unpaired) electrons. The zero-order valence-corrected chi connectivity index (χ0v) is 8.89. The van der Waals surface area contributed by atoms with E-state index in [1.165, 1.54) is 0 Å². The molecule has 86 valence electrons. The van der Waals surface area contributed by atoms with Crippen LogP contribution in [0.4, 0.5) is 5.82 Å². The quantitative estimate of drug-likeness (QED) is 0.637. The zero-order chi connectivity index (χ0) is 11.7. The standard InChI is InChI=1S/C9H9N7O/c10-3-7-6-15(1-2-17-7)9-5-11-4-8-12-13-14-16(8)9/h4-5,7H,1-2,6H2. The number of tetrazole rings is 1. The molecule has 2 aromatic heterocycles. The Morgan fingerprint density at radius 1 is 1.47 bits per heavy atom. The number of fused-ring (bicyclic) bond motifs is 1. The van der Waals surface area contributed by atoms with Gasteiger partial charge in [0.1, 0.15) is 0 Å². The monoisotopic (exact) mass is 231 g/mol. The van der Waals surface area contributed by atoms with Crippen LogP contribution in [0.3, 0.4) is 0 Å². The lowest BCUT2D eigenvalue weighted by Gasteiger charge is -2.30. The maximum Gasteiger partial charge on any atom is 0.199 e. The molecule has 1 fully saturated rings. The lowest BCUT2D eigenvalue weighted by molar-refractivity contribution is 0.0759. The van der Waals surface area contributed by atoms with Crippen molar-refractivity contribution in [3.63, 3.8) is 0 Å². The molecule has 3 heterocycles. The van der Waals surface area contributed by atoms with Crippen LogP contribution in [0.1, 0.15) is 0 Å². The second-order valence-corrected chi connectivity index (χ2v) is 3.65. The number of nitriles is 1. The van der Waals surface area contributed by atoms with Crippen LogP contribution in [-0.2, 0) is 4.74 Å². The van der Waals surface area contributed by atoms with Crippen molar-refractivity contribution in [3.05, 3.63) is 12.4 Å². The Morgan fingerprint density at radius 3 is 3.29 bits per heavy atom. The summed E-state index contributed by atoms with van der Waals surface area (Å²) < 4.78 is 6.89. The van der Waals surface area contributed by atoms with Crippen LogP contribution in [0, 0.1) is 11.3 Å². The summed E-state index contributed by atoms with van der Waals surface area (Å²) in [5.41, 5.74) is 0.586. The fourth-order valence-corrected chi connectivity index (χ4v) is 1.81. The molecular formula is C9H9N7O. The molecule has 3 rings (SSSR count). The van der Waals surface area contributed by atoms with Gasteiger partial charge < -0.3 is 9.64 Å². The molecular weight excluding hydrogens is 222 g/mol. The summed E-state index contributed by atoms with van der Waals surface area (Å²) in [5, 5.41) is 20.2. The van der Waals surface area contributed by atoms with Crippen molar-refractivity contribution in [1.82, 2.24) is 25.0 Å². The molecule has 1 unspecified atom stereocenters. The molecule has 0 spiro atoms. The van der Waals surface area contributed by atoms with E-state index in [0.717, 1.165) is 5.82 Å². The Kier molecular flexibility index (Phi) is 2.31. The Labute approximate surface area is 96.4 Å². The molecule has 0 aromatic carbocycles. The van der Waals surface area contributed by atoms with Crippen LogP contribution in [0.5, 0.6) is 0 Å². The van der Waals surface area contributed by atoms with Gasteiger partial charge in [-0.15, -0.1) is 5.10 Å². The Morgan fingerprint density at radius 2 is 2.41 bits per heavy atom.